The molecule has 3 rings (SSSR count). The van der Waals surface area contributed by atoms with Gasteiger partial charge in [0.1, 0.15) is 5.82 Å². The van der Waals surface area contributed by atoms with Crippen LogP contribution in [0.15, 0.2) is 59.1 Å². The minimum absolute atomic E-state index is 0.187. The van der Waals surface area contributed by atoms with E-state index in [4.69, 9.17) is 16.0 Å². The fourth-order valence-corrected chi connectivity index (χ4v) is 2.28. The highest BCUT2D eigenvalue weighted by atomic mass is 35.5. The van der Waals surface area contributed by atoms with Crippen molar-refractivity contribution in [3.8, 4) is 11.3 Å². The molecule has 1 aromatic heterocycles. The van der Waals surface area contributed by atoms with E-state index in [1.807, 2.05) is 12.1 Å². The summed E-state index contributed by atoms with van der Waals surface area (Å²) < 4.78 is 18.5. The number of oxazole rings is 1. The number of amides is 1. The number of hydrogen-bond donors (Lipinski definition) is 1. The van der Waals surface area contributed by atoms with Crippen LogP contribution in [-0.2, 0) is 11.2 Å². The van der Waals surface area contributed by atoms with Crippen molar-refractivity contribution in [2.75, 3.05) is 5.32 Å². The molecule has 0 bridgehead atoms. The van der Waals surface area contributed by atoms with Crippen LogP contribution in [0.4, 0.5) is 10.1 Å². The molecule has 122 valence electrons. The number of hydrogen-bond acceptors (Lipinski definition) is 3. The molecule has 0 saturated carbocycles. The van der Waals surface area contributed by atoms with Gasteiger partial charge in [0.15, 0.2) is 11.7 Å². The zero-order valence-electron chi connectivity index (χ0n) is 12.6. The van der Waals surface area contributed by atoms with Crippen LogP contribution in [0, 0.1) is 5.82 Å². The van der Waals surface area contributed by atoms with Crippen molar-refractivity contribution in [1.82, 2.24) is 4.98 Å². The van der Waals surface area contributed by atoms with Gasteiger partial charge in [0, 0.05) is 29.1 Å². The van der Waals surface area contributed by atoms with Crippen molar-refractivity contribution in [3.05, 3.63) is 71.5 Å². The van der Waals surface area contributed by atoms with Crippen molar-refractivity contribution >= 4 is 23.2 Å². The van der Waals surface area contributed by atoms with Gasteiger partial charge >= 0.3 is 0 Å². The molecule has 0 fully saturated rings. The first kappa shape index (κ1) is 16.2. The summed E-state index contributed by atoms with van der Waals surface area (Å²) in [5.74, 6) is 0.574. The molecule has 1 N–H and O–H groups in total. The molecule has 0 aliphatic heterocycles. The van der Waals surface area contributed by atoms with Gasteiger partial charge in [-0.25, -0.2) is 9.37 Å². The van der Waals surface area contributed by atoms with E-state index in [-0.39, 0.29) is 18.1 Å². The molecule has 0 aliphatic rings. The zero-order valence-corrected chi connectivity index (χ0v) is 13.4. The highest BCUT2D eigenvalue weighted by molar-refractivity contribution is 6.30. The minimum Gasteiger partial charge on any atom is -0.441 e. The molecule has 4 nitrogen and oxygen atoms in total. The number of halogens is 2. The number of carbonyl (C=O) groups excluding carboxylic acids is 1. The molecule has 2 aromatic carbocycles. The highest BCUT2D eigenvalue weighted by Gasteiger charge is 2.09. The van der Waals surface area contributed by atoms with Crippen molar-refractivity contribution in [2.24, 2.45) is 0 Å². The summed E-state index contributed by atoms with van der Waals surface area (Å²) in [6, 6.07) is 12.8. The van der Waals surface area contributed by atoms with Gasteiger partial charge in [-0.1, -0.05) is 11.6 Å². The Morgan fingerprint density at radius 3 is 2.54 bits per heavy atom. The number of aromatic nitrogens is 1. The van der Waals surface area contributed by atoms with Gasteiger partial charge in [0.2, 0.25) is 5.91 Å². The number of nitrogens with zero attached hydrogens (tertiary/aromatic N) is 1. The van der Waals surface area contributed by atoms with Crippen molar-refractivity contribution in [2.45, 2.75) is 12.8 Å². The second-order valence-corrected chi connectivity index (χ2v) is 5.62. The Bertz CT molecular complexity index is 829. The van der Waals surface area contributed by atoms with Gasteiger partial charge in [-0.2, -0.15) is 0 Å². The predicted molar refractivity (Wildman–Crippen MR) is 90.3 cm³/mol. The van der Waals surface area contributed by atoms with Gasteiger partial charge in [-0.15, -0.1) is 0 Å². The van der Waals surface area contributed by atoms with Crippen LogP contribution in [-0.4, -0.2) is 10.9 Å². The lowest BCUT2D eigenvalue weighted by molar-refractivity contribution is -0.116. The first-order valence-corrected chi connectivity index (χ1v) is 7.74. The predicted octanol–water partition coefficient (Wildman–Crippen LogP) is 4.71. The highest BCUT2D eigenvalue weighted by Crippen LogP contribution is 2.22. The molecule has 3 aromatic rings. The first-order valence-electron chi connectivity index (χ1n) is 7.36. The lowest BCUT2D eigenvalue weighted by Gasteiger charge is -2.03. The number of carbonyl (C=O) groups is 1. The Morgan fingerprint density at radius 2 is 1.83 bits per heavy atom. The number of aryl methyl sites for hydroxylation is 1. The van der Waals surface area contributed by atoms with E-state index in [1.165, 1.54) is 24.3 Å². The molecule has 0 atom stereocenters. The molecule has 1 heterocycles. The number of anilines is 1. The van der Waals surface area contributed by atoms with Crippen molar-refractivity contribution in [1.29, 1.82) is 0 Å². The summed E-state index contributed by atoms with van der Waals surface area (Å²) in [5.41, 5.74) is 1.42. The summed E-state index contributed by atoms with van der Waals surface area (Å²) >= 11 is 5.85. The van der Waals surface area contributed by atoms with E-state index in [2.05, 4.69) is 10.3 Å². The van der Waals surface area contributed by atoms with Crippen LogP contribution < -0.4 is 5.32 Å². The molecule has 0 spiro atoms. The number of benzene rings is 2. The quantitative estimate of drug-likeness (QED) is 0.729. The molecule has 0 saturated heterocycles. The van der Waals surface area contributed by atoms with Crippen LogP contribution in [0.2, 0.25) is 5.02 Å². The fourth-order valence-electron chi connectivity index (χ4n) is 2.15. The largest absolute Gasteiger partial charge is 0.441 e. The van der Waals surface area contributed by atoms with E-state index >= 15 is 0 Å². The van der Waals surface area contributed by atoms with Crippen LogP contribution in [0.5, 0.6) is 0 Å². The fraction of sp³-hybridized carbons (Fsp3) is 0.111. The smallest absolute Gasteiger partial charge is 0.224 e. The zero-order chi connectivity index (χ0) is 16.9. The molecule has 1 amide bonds. The molecule has 6 heteroatoms. The summed E-state index contributed by atoms with van der Waals surface area (Å²) in [5, 5.41) is 3.34. The molecule has 0 unspecified atom stereocenters. The minimum atomic E-state index is -0.345. The van der Waals surface area contributed by atoms with E-state index in [1.54, 1.807) is 18.3 Å². The number of nitrogens with one attached hydrogen (secondary N) is 1. The van der Waals surface area contributed by atoms with Gasteiger partial charge in [-0.3, -0.25) is 4.79 Å². The summed E-state index contributed by atoms with van der Waals surface area (Å²) in [7, 11) is 0. The van der Waals surface area contributed by atoms with E-state index in [9.17, 15) is 9.18 Å². The third-order valence-electron chi connectivity index (χ3n) is 3.38. The maximum atomic E-state index is 12.8. The third-order valence-corrected chi connectivity index (χ3v) is 3.63. The summed E-state index contributed by atoms with van der Waals surface area (Å²) in [6.45, 7) is 0. The Hall–Kier alpha value is -2.66. The number of rotatable bonds is 5. The Kier molecular flexibility index (Phi) is 4.91. The third kappa shape index (κ3) is 4.20. The average Bonchev–Trinajstić information content (AvgIpc) is 3.05. The monoisotopic (exact) mass is 344 g/mol. The molecule has 24 heavy (non-hydrogen) atoms. The molecule has 0 radical (unpaired) electrons. The molecular formula is C18H14ClFN2O2. The normalized spacial score (nSPS) is 10.6. The van der Waals surface area contributed by atoms with E-state index in [0.29, 0.717) is 28.8 Å². The molecule has 0 aliphatic carbocycles. The van der Waals surface area contributed by atoms with Gasteiger partial charge < -0.3 is 9.73 Å². The first-order chi connectivity index (χ1) is 11.6. The standard InChI is InChI=1S/C18H14ClFN2O2/c19-13-3-1-12(2-4-13)16-11-21-18(24-16)10-9-17(23)22-15-7-5-14(20)6-8-15/h1-8,11H,9-10H2,(H,22,23). The lowest BCUT2D eigenvalue weighted by atomic mass is 10.2. The Morgan fingerprint density at radius 1 is 1.12 bits per heavy atom. The van der Waals surface area contributed by atoms with Crippen LogP contribution in [0.3, 0.4) is 0 Å². The van der Waals surface area contributed by atoms with Gasteiger partial charge in [0.05, 0.1) is 6.20 Å². The van der Waals surface area contributed by atoms with Crippen LogP contribution in [0.25, 0.3) is 11.3 Å². The van der Waals surface area contributed by atoms with Crippen LogP contribution >= 0.6 is 11.6 Å². The topological polar surface area (TPSA) is 55.1 Å². The van der Waals surface area contributed by atoms with Gasteiger partial charge in [0.25, 0.3) is 0 Å². The summed E-state index contributed by atoms with van der Waals surface area (Å²) in [6.07, 6.45) is 2.22. The lowest BCUT2D eigenvalue weighted by Crippen LogP contribution is -2.12. The summed E-state index contributed by atoms with van der Waals surface area (Å²) in [4.78, 5) is 16.1. The maximum absolute atomic E-state index is 12.8. The Balaban J connectivity index is 1.56. The van der Waals surface area contributed by atoms with Crippen molar-refractivity contribution in [3.63, 3.8) is 0 Å². The SMILES string of the molecule is O=C(CCc1ncc(-c2ccc(Cl)cc2)o1)Nc1ccc(F)cc1. The Labute approximate surface area is 143 Å². The maximum Gasteiger partial charge on any atom is 0.224 e. The van der Waals surface area contributed by atoms with E-state index in [0.717, 1.165) is 5.56 Å². The molecular weight excluding hydrogens is 331 g/mol. The van der Waals surface area contributed by atoms with Crippen LogP contribution in [0.1, 0.15) is 12.3 Å². The van der Waals surface area contributed by atoms with Crippen molar-refractivity contribution < 1.29 is 13.6 Å². The second-order valence-electron chi connectivity index (χ2n) is 5.18. The average molecular weight is 345 g/mol. The van der Waals surface area contributed by atoms with E-state index < -0.39 is 0 Å². The second kappa shape index (κ2) is 7.27. The van der Waals surface area contributed by atoms with Gasteiger partial charge in [-0.05, 0) is 48.5 Å².